The Bertz CT molecular complexity index is 183. The number of carbonyl (C=O) groups excluding carboxylic acids is 2. The van der Waals surface area contributed by atoms with Crippen LogP contribution in [0.2, 0.25) is 0 Å². The highest BCUT2D eigenvalue weighted by atomic mass is 19.3. The maximum atomic E-state index is 11.4. The number of halogens is 2. The van der Waals surface area contributed by atoms with E-state index in [0.29, 0.717) is 6.42 Å². The van der Waals surface area contributed by atoms with E-state index >= 15 is 0 Å². The lowest BCUT2D eigenvalue weighted by atomic mass is 10.0. The maximum Gasteiger partial charge on any atom is 0.351 e. The topological polar surface area (TPSA) is 52.6 Å². The predicted molar refractivity (Wildman–Crippen MR) is 37.4 cm³/mol. The van der Waals surface area contributed by atoms with Crippen molar-refractivity contribution in [1.82, 2.24) is 0 Å². The highest BCUT2D eigenvalue weighted by Gasteiger charge is 2.20. The minimum absolute atomic E-state index is 0.0159. The molecule has 76 valence electrons. The third kappa shape index (κ3) is 4.39. The van der Waals surface area contributed by atoms with Crippen LogP contribution in [0.4, 0.5) is 9.05 Å². The van der Waals surface area contributed by atoms with Crippen molar-refractivity contribution in [2.24, 2.45) is 5.92 Å². The van der Waals surface area contributed by atoms with Crippen molar-refractivity contribution in [2.45, 2.75) is 26.2 Å². The van der Waals surface area contributed by atoms with Crippen molar-refractivity contribution in [3.63, 3.8) is 0 Å². The molecule has 0 aliphatic heterocycles. The molecule has 0 aromatic rings. The molecule has 0 aromatic heterocycles. The summed E-state index contributed by atoms with van der Waals surface area (Å²) >= 11 is 0. The van der Waals surface area contributed by atoms with Gasteiger partial charge in [0.1, 0.15) is 0 Å². The second kappa shape index (κ2) is 6.33. The van der Waals surface area contributed by atoms with Crippen LogP contribution in [-0.2, 0) is 19.5 Å². The monoisotopic (exact) mass is 196 g/mol. The number of hydrogen-bond acceptors (Lipinski definition) is 4. The molecule has 0 heterocycles. The van der Waals surface area contributed by atoms with Crippen molar-refractivity contribution < 1.29 is 28.5 Å². The first-order valence-electron chi connectivity index (χ1n) is 3.79. The molecule has 0 amide bonds. The maximum absolute atomic E-state index is 11.4. The van der Waals surface area contributed by atoms with E-state index in [1.54, 1.807) is 6.92 Å². The zero-order valence-corrected chi connectivity index (χ0v) is 7.09. The third-order valence-corrected chi connectivity index (χ3v) is 1.69. The highest BCUT2D eigenvalue weighted by Crippen LogP contribution is 2.13. The van der Waals surface area contributed by atoms with Crippen molar-refractivity contribution >= 4 is 11.9 Å². The van der Waals surface area contributed by atoms with Gasteiger partial charge >= 0.3 is 11.9 Å². The molecule has 6 heteroatoms. The molecule has 0 saturated carbocycles. The summed E-state index contributed by atoms with van der Waals surface area (Å²) in [4.78, 5) is 26.8. The first kappa shape index (κ1) is 11.8. The predicted octanol–water partition coefficient (Wildman–Crippen LogP) is 1.65. The van der Waals surface area contributed by atoms with E-state index in [2.05, 4.69) is 9.88 Å². The molecule has 0 radical (unpaired) electrons. The Hall–Kier alpha value is -1.20. The summed E-state index contributed by atoms with van der Waals surface area (Å²) in [6, 6.07) is 0. The van der Waals surface area contributed by atoms with Gasteiger partial charge in [-0.25, -0.2) is 9.59 Å². The Balaban J connectivity index is 3.85. The molecule has 0 bridgehead atoms. The lowest BCUT2D eigenvalue weighted by molar-refractivity contribution is -0.191. The summed E-state index contributed by atoms with van der Waals surface area (Å²) in [5.41, 5.74) is 0. The fourth-order valence-electron chi connectivity index (χ4n) is 0.882. The average molecular weight is 196 g/mol. The van der Waals surface area contributed by atoms with Crippen LogP contribution >= 0.6 is 0 Å². The van der Waals surface area contributed by atoms with E-state index in [1.165, 1.54) is 0 Å². The SMILES string of the molecule is CCC(CCC(=O)OF)C(=O)OF. The summed E-state index contributed by atoms with van der Waals surface area (Å²) < 4.78 is 22.6. The Morgan fingerprint density at radius 1 is 1.31 bits per heavy atom. The summed E-state index contributed by atoms with van der Waals surface area (Å²) in [5, 5.41) is 0. The van der Waals surface area contributed by atoms with Gasteiger partial charge < -0.3 is 0 Å². The molecule has 0 aliphatic rings. The minimum Gasteiger partial charge on any atom is -0.255 e. The van der Waals surface area contributed by atoms with Crippen LogP contribution < -0.4 is 0 Å². The number of hydrogen-bond donors (Lipinski definition) is 0. The van der Waals surface area contributed by atoms with E-state index in [9.17, 15) is 18.6 Å². The molecule has 0 fully saturated rings. The van der Waals surface area contributed by atoms with Crippen molar-refractivity contribution in [1.29, 1.82) is 0 Å². The highest BCUT2D eigenvalue weighted by molar-refractivity contribution is 5.73. The third-order valence-electron chi connectivity index (χ3n) is 1.69. The first-order chi connectivity index (χ1) is 6.15. The molecule has 0 N–H and O–H groups in total. The molecular weight excluding hydrogens is 186 g/mol. The average Bonchev–Trinajstić information content (AvgIpc) is 2.17. The fraction of sp³-hybridized carbons (Fsp3) is 0.714. The molecular formula is C7H10F2O4. The number of carbonyl (C=O) groups is 2. The summed E-state index contributed by atoms with van der Waals surface area (Å²) in [6.45, 7) is 1.63. The summed E-state index contributed by atoms with van der Waals surface area (Å²) in [5.74, 6) is -2.86. The smallest absolute Gasteiger partial charge is 0.255 e. The normalized spacial score (nSPS) is 11.9. The molecule has 13 heavy (non-hydrogen) atoms. The Kier molecular flexibility index (Phi) is 5.75. The Morgan fingerprint density at radius 3 is 2.31 bits per heavy atom. The number of rotatable bonds is 5. The van der Waals surface area contributed by atoms with Gasteiger partial charge in [0, 0.05) is 9.05 Å². The van der Waals surface area contributed by atoms with Crippen LogP contribution in [0, 0.1) is 5.92 Å². The van der Waals surface area contributed by atoms with Gasteiger partial charge in [-0.1, -0.05) is 6.92 Å². The first-order valence-corrected chi connectivity index (χ1v) is 3.79. The van der Waals surface area contributed by atoms with Crippen LogP contribution in [0.3, 0.4) is 0 Å². The Labute approximate surface area is 73.6 Å². The van der Waals surface area contributed by atoms with Gasteiger partial charge in [0.15, 0.2) is 0 Å². The van der Waals surface area contributed by atoms with Gasteiger partial charge in [-0.2, -0.15) is 0 Å². The molecule has 1 atom stereocenters. The van der Waals surface area contributed by atoms with Crippen LogP contribution in [0.5, 0.6) is 0 Å². The second-order valence-corrected chi connectivity index (χ2v) is 2.49. The van der Waals surface area contributed by atoms with E-state index in [0.717, 1.165) is 0 Å². The summed E-state index contributed by atoms with van der Waals surface area (Å²) in [7, 11) is 0. The lowest BCUT2D eigenvalue weighted by Gasteiger charge is -2.07. The van der Waals surface area contributed by atoms with E-state index < -0.39 is 17.9 Å². The van der Waals surface area contributed by atoms with Gasteiger partial charge in [-0.15, -0.1) is 0 Å². The van der Waals surface area contributed by atoms with Crippen LogP contribution in [0.15, 0.2) is 0 Å². The molecule has 0 aliphatic carbocycles. The second-order valence-electron chi connectivity index (χ2n) is 2.49. The van der Waals surface area contributed by atoms with Crippen molar-refractivity contribution in [3.8, 4) is 0 Å². The van der Waals surface area contributed by atoms with Gasteiger partial charge in [0.25, 0.3) is 0 Å². The van der Waals surface area contributed by atoms with Crippen molar-refractivity contribution in [3.05, 3.63) is 0 Å². The minimum atomic E-state index is -1.08. The lowest BCUT2D eigenvalue weighted by Crippen LogP contribution is -2.15. The molecule has 0 saturated heterocycles. The van der Waals surface area contributed by atoms with Crippen LogP contribution in [0.25, 0.3) is 0 Å². The van der Waals surface area contributed by atoms with E-state index in [-0.39, 0.29) is 12.8 Å². The van der Waals surface area contributed by atoms with E-state index in [4.69, 9.17) is 0 Å². The standard InChI is InChI=1S/C7H10F2O4/c1-2-5(7(11)13-9)3-4-6(10)12-8/h5H,2-4H2,1H3. The Morgan fingerprint density at radius 2 is 1.92 bits per heavy atom. The van der Waals surface area contributed by atoms with E-state index in [1.807, 2.05) is 0 Å². The molecule has 4 nitrogen and oxygen atoms in total. The molecule has 0 rings (SSSR count). The molecule has 0 aromatic carbocycles. The zero-order valence-electron chi connectivity index (χ0n) is 7.09. The van der Waals surface area contributed by atoms with Gasteiger partial charge in [-0.05, 0) is 12.8 Å². The zero-order chi connectivity index (χ0) is 10.3. The fourth-order valence-corrected chi connectivity index (χ4v) is 0.882. The van der Waals surface area contributed by atoms with Gasteiger partial charge in [-0.3, -0.25) is 9.88 Å². The molecule has 1 unspecified atom stereocenters. The van der Waals surface area contributed by atoms with Crippen molar-refractivity contribution in [2.75, 3.05) is 0 Å². The van der Waals surface area contributed by atoms with Crippen LogP contribution in [0.1, 0.15) is 26.2 Å². The van der Waals surface area contributed by atoms with Gasteiger partial charge in [0.2, 0.25) is 0 Å². The van der Waals surface area contributed by atoms with Gasteiger partial charge in [0.05, 0.1) is 12.3 Å². The summed E-state index contributed by atoms with van der Waals surface area (Å²) in [6.07, 6.45) is 0.0639. The largest absolute Gasteiger partial charge is 0.351 e. The quantitative estimate of drug-likeness (QED) is 0.670. The molecule has 0 spiro atoms. The van der Waals surface area contributed by atoms with Crippen LogP contribution in [-0.4, -0.2) is 11.9 Å².